The Morgan fingerprint density at radius 2 is 2.00 bits per heavy atom. The molecule has 4 heterocycles. The van der Waals surface area contributed by atoms with E-state index in [4.69, 9.17) is 14.0 Å². The minimum absolute atomic E-state index is 0.0514. The molecule has 1 amide bonds. The van der Waals surface area contributed by atoms with Crippen LogP contribution in [0.2, 0.25) is 0 Å². The number of aliphatic hydroxyl groups excluding tert-OH is 1. The van der Waals surface area contributed by atoms with Crippen LogP contribution < -0.4 is 9.47 Å². The molecule has 9 nitrogen and oxygen atoms in total. The maximum absolute atomic E-state index is 13.1. The number of piperidine rings is 1. The number of nitrogens with zero attached hydrogens (tertiary/aromatic N) is 4. The number of rotatable bonds is 4. The standard InChI is InChI=1S/C26H34N4O5/c1-6-30-25(32)29-15-18-12-19(33-4)13-21(34-5)23(18)16(2)11-22(29)26(30)7-9-28(10-8-26)24(31)20-14-27-35-17(20)3/h11-14,16,25,32H,6-10,15H2,1-5H3/t16-,25?/m0/s1. The predicted molar refractivity (Wildman–Crippen MR) is 129 cm³/mol. The number of likely N-dealkylation sites (tertiary alicyclic amines) is 1. The fourth-order valence-corrected chi connectivity index (χ4v) is 6.20. The second-order valence-electron chi connectivity index (χ2n) is 9.62. The summed E-state index contributed by atoms with van der Waals surface area (Å²) in [6, 6.07) is 3.97. The Kier molecular flexibility index (Phi) is 6.01. The summed E-state index contributed by atoms with van der Waals surface area (Å²) in [7, 11) is 3.33. The summed E-state index contributed by atoms with van der Waals surface area (Å²) in [5.74, 6) is 2.11. The summed E-state index contributed by atoms with van der Waals surface area (Å²) in [6.07, 6.45) is 4.50. The van der Waals surface area contributed by atoms with E-state index in [-0.39, 0.29) is 17.4 Å². The van der Waals surface area contributed by atoms with Gasteiger partial charge >= 0.3 is 0 Å². The number of carbonyl (C=O) groups is 1. The molecule has 1 N–H and O–H groups in total. The third kappa shape index (κ3) is 3.60. The molecule has 3 aliphatic heterocycles. The molecule has 0 radical (unpaired) electrons. The first kappa shape index (κ1) is 23.7. The molecule has 1 unspecified atom stereocenters. The number of aryl methyl sites for hydroxylation is 1. The number of likely N-dealkylation sites (N-methyl/N-ethyl adjacent to an activating group) is 1. The monoisotopic (exact) mass is 482 g/mol. The summed E-state index contributed by atoms with van der Waals surface area (Å²) in [6.45, 7) is 8.46. The Balaban J connectivity index is 1.49. The summed E-state index contributed by atoms with van der Waals surface area (Å²) in [5.41, 5.74) is 3.51. The highest BCUT2D eigenvalue weighted by Crippen LogP contribution is 2.50. The van der Waals surface area contributed by atoms with Crippen molar-refractivity contribution in [1.29, 1.82) is 0 Å². The van der Waals surface area contributed by atoms with E-state index in [1.54, 1.807) is 21.1 Å². The zero-order chi connectivity index (χ0) is 24.9. The maximum atomic E-state index is 13.1. The van der Waals surface area contributed by atoms with Gasteiger partial charge in [-0.25, -0.2) is 4.90 Å². The van der Waals surface area contributed by atoms with E-state index >= 15 is 0 Å². The van der Waals surface area contributed by atoms with Crippen LogP contribution >= 0.6 is 0 Å². The zero-order valence-electron chi connectivity index (χ0n) is 21.1. The average Bonchev–Trinajstić information content (AvgIpc) is 3.32. The van der Waals surface area contributed by atoms with Gasteiger partial charge in [-0.2, -0.15) is 0 Å². The predicted octanol–water partition coefficient (Wildman–Crippen LogP) is 3.09. The van der Waals surface area contributed by atoms with Crippen molar-refractivity contribution >= 4 is 5.91 Å². The van der Waals surface area contributed by atoms with Crippen molar-refractivity contribution in [3.8, 4) is 11.5 Å². The van der Waals surface area contributed by atoms with Crippen LogP contribution in [0, 0.1) is 6.92 Å². The minimum Gasteiger partial charge on any atom is -0.497 e. The number of methoxy groups -OCH3 is 2. The van der Waals surface area contributed by atoms with E-state index in [9.17, 15) is 9.90 Å². The number of aliphatic hydroxyl groups is 1. The van der Waals surface area contributed by atoms with Crippen LogP contribution in [0.15, 0.2) is 34.6 Å². The lowest BCUT2D eigenvalue weighted by Gasteiger charge is -2.44. The summed E-state index contributed by atoms with van der Waals surface area (Å²) >= 11 is 0. The SMILES string of the molecule is CCN1C(O)N2Cc3cc(OC)cc(OC)c3[C@@H](C)C=C2C12CCN(C(=O)c1cnoc1C)CC2. The molecule has 2 fully saturated rings. The molecular weight excluding hydrogens is 448 g/mol. The number of allylic oxidation sites excluding steroid dienone is 1. The molecule has 5 rings (SSSR count). The number of ether oxygens (including phenoxy) is 2. The van der Waals surface area contributed by atoms with Crippen molar-refractivity contribution in [2.24, 2.45) is 0 Å². The lowest BCUT2D eigenvalue weighted by Crippen LogP contribution is -2.55. The first-order chi connectivity index (χ1) is 16.8. The van der Waals surface area contributed by atoms with Crippen LogP contribution in [-0.2, 0) is 6.54 Å². The van der Waals surface area contributed by atoms with Crippen molar-refractivity contribution in [2.45, 2.75) is 58.0 Å². The van der Waals surface area contributed by atoms with E-state index in [0.717, 1.165) is 41.2 Å². The molecule has 0 saturated carbocycles. The number of fused-ring (bicyclic) bond motifs is 3. The normalized spacial score (nSPS) is 23.5. The summed E-state index contributed by atoms with van der Waals surface area (Å²) in [5, 5.41) is 15.3. The summed E-state index contributed by atoms with van der Waals surface area (Å²) < 4.78 is 16.4. The van der Waals surface area contributed by atoms with Gasteiger partial charge in [-0.3, -0.25) is 4.79 Å². The molecule has 2 atom stereocenters. The van der Waals surface area contributed by atoms with E-state index in [0.29, 0.717) is 37.5 Å². The van der Waals surface area contributed by atoms with E-state index in [1.165, 1.54) is 6.20 Å². The smallest absolute Gasteiger partial charge is 0.259 e. The second kappa shape index (κ2) is 8.87. The van der Waals surface area contributed by atoms with Gasteiger partial charge in [0, 0.05) is 49.4 Å². The Hall–Kier alpha value is -3.04. The van der Waals surface area contributed by atoms with Crippen LogP contribution in [0.25, 0.3) is 0 Å². The highest BCUT2D eigenvalue weighted by Gasteiger charge is 2.55. The van der Waals surface area contributed by atoms with E-state index in [1.807, 2.05) is 17.0 Å². The number of hydrogen-bond acceptors (Lipinski definition) is 8. The number of carbonyl (C=O) groups excluding carboxylic acids is 1. The zero-order valence-corrected chi connectivity index (χ0v) is 21.1. The van der Waals surface area contributed by atoms with Crippen LogP contribution in [0.5, 0.6) is 11.5 Å². The molecule has 1 aromatic carbocycles. The van der Waals surface area contributed by atoms with Crippen LogP contribution in [-0.4, -0.2) is 76.6 Å². The van der Waals surface area contributed by atoms with Gasteiger partial charge in [0.25, 0.3) is 5.91 Å². The van der Waals surface area contributed by atoms with E-state index in [2.05, 4.69) is 34.9 Å². The molecule has 1 spiro atoms. The summed E-state index contributed by atoms with van der Waals surface area (Å²) in [4.78, 5) is 19.2. The number of aromatic nitrogens is 1. The molecule has 188 valence electrons. The first-order valence-electron chi connectivity index (χ1n) is 12.2. The lowest BCUT2D eigenvalue weighted by molar-refractivity contribution is -0.0851. The first-order valence-corrected chi connectivity index (χ1v) is 12.2. The molecule has 35 heavy (non-hydrogen) atoms. The van der Waals surface area contributed by atoms with Crippen molar-refractivity contribution in [3.05, 3.63) is 52.6 Å². The lowest BCUT2D eigenvalue weighted by atomic mass is 9.82. The third-order valence-corrected chi connectivity index (χ3v) is 7.95. The molecule has 2 saturated heterocycles. The van der Waals surface area contributed by atoms with Gasteiger partial charge in [0.2, 0.25) is 0 Å². The second-order valence-corrected chi connectivity index (χ2v) is 9.62. The Labute approximate surface area is 205 Å². The Morgan fingerprint density at radius 3 is 2.60 bits per heavy atom. The van der Waals surface area contributed by atoms with Gasteiger partial charge in [0.05, 0.1) is 26.0 Å². The molecule has 3 aliphatic rings. The molecule has 0 aliphatic carbocycles. The minimum atomic E-state index is -0.746. The maximum Gasteiger partial charge on any atom is 0.259 e. The van der Waals surface area contributed by atoms with Crippen molar-refractivity contribution in [1.82, 2.24) is 19.9 Å². The molecule has 9 heteroatoms. The van der Waals surface area contributed by atoms with Gasteiger partial charge in [-0.1, -0.05) is 25.1 Å². The van der Waals surface area contributed by atoms with Crippen LogP contribution in [0.3, 0.4) is 0 Å². The quantitative estimate of drug-likeness (QED) is 0.711. The highest BCUT2D eigenvalue weighted by atomic mass is 16.5. The van der Waals surface area contributed by atoms with Gasteiger partial charge in [-0.15, -0.1) is 0 Å². The molecule has 0 bridgehead atoms. The average molecular weight is 483 g/mol. The van der Waals surface area contributed by atoms with Crippen molar-refractivity contribution in [3.63, 3.8) is 0 Å². The number of amides is 1. The Bertz CT molecular complexity index is 1150. The van der Waals surface area contributed by atoms with E-state index < -0.39 is 6.35 Å². The van der Waals surface area contributed by atoms with Crippen LogP contribution in [0.1, 0.15) is 59.9 Å². The van der Waals surface area contributed by atoms with Gasteiger partial charge in [0.15, 0.2) is 6.35 Å². The van der Waals surface area contributed by atoms with Crippen LogP contribution in [0.4, 0.5) is 0 Å². The Morgan fingerprint density at radius 1 is 1.26 bits per heavy atom. The number of hydrogen-bond donors (Lipinski definition) is 1. The molecular formula is C26H34N4O5. The van der Waals surface area contributed by atoms with Crippen molar-refractivity contribution in [2.75, 3.05) is 33.9 Å². The van der Waals surface area contributed by atoms with Crippen molar-refractivity contribution < 1.29 is 23.9 Å². The molecule has 1 aromatic heterocycles. The topological polar surface area (TPSA) is 91.5 Å². The number of benzene rings is 1. The fourth-order valence-electron chi connectivity index (χ4n) is 6.20. The largest absolute Gasteiger partial charge is 0.497 e. The molecule has 2 aromatic rings. The highest BCUT2D eigenvalue weighted by molar-refractivity contribution is 5.94. The van der Waals surface area contributed by atoms with Gasteiger partial charge in [-0.05, 0) is 31.4 Å². The third-order valence-electron chi connectivity index (χ3n) is 7.95. The van der Waals surface area contributed by atoms with Gasteiger partial charge in [0.1, 0.15) is 22.8 Å². The van der Waals surface area contributed by atoms with Gasteiger partial charge < -0.3 is 28.9 Å². The fraction of sp³-hybridized carbons (Fsp3) is 0.538.